The van der Waals surface area contributed by atoms with E-state index in [9.17, 15) is 9.59 Å². The van der Waals surface area contributed by atoms with Gasteiger partial charge in [0.2, 0.25) is 12.3 Å². The smallest absolute Gasteiger partial charge is 0.239 e. The van der Waals surface area contributed by atoms with Crippen LogP contribution in [-0.4, -0.2) is 50.4 Å². The SMILES string of the molecule is CNCC(CCc1ccccc1)N(C=O)CC(=O)NC. The van der Waals surface area contributed by atoms with Gasteiger partial charge in [0.1, 0.15) is 0 Å². The molecule has 1 aromatic carbocycles. The third-order valence-electron chi connectivity index (χ3n) is 3.26. The average Bonchev–Trinajstić information content (AvgIpc) is 2.50. The number of rotatable bonds is 9. The van der Waals surface area contributed by atoms with Crippen molar-refractivity contribution in [3.8, 4) is 0 Å². The van der Waals surface area contributed by atoms with Gasteiger partial charge in [-0.05, 0) is 25.5 Å². The molecule has 0 saturated carbocycles. The van der Waals surface area contributed by atoms with Crippen molar-refractivity contribution in [1.29, 1.82) is 0 Å². The maximum Gasteiger partial charge on any atom is 0.239 e. The molecule has 2 N–H and O–H groups in total. The summed E-state index contributed by atoms with van der Waals surface area (Å²) in [4.78, 5) is 24.2. The first-order chi connectivity index (χ1) is 9.71. The minimum atomic E-state index is -0.155. The van der Waals surface area contributed by atoms with Crippen molar-refractivity contribution in [2.45, 2.75) is 18.9 Å². The summed E-state index contributed by atoms with van der Waals surface area (Å²) >= 11 is 0. The number of benzene rings is 1. The number of carbonyl (C=O) groups is 2. The van der Waals surface area contributed by atoms with Gasteiger partial charge in [-0.1, -0.05) is 30.3 Å². The lowest BCUT2D eigenvalue weighted by atomic mass is 10.0. The van der Waals surface area contributed by atoms with Gasteiger partial charge in [0.25, 0.3) is 0 Å². The Kier molecular flexibility index (Phi) is 7.35. The fourth-order valence-electron chi connectivity index (χ4n) is 2.10. The maximum absolute atomic E-state index is 11.4. The minimum absolute atomic E-state index is 0.00926. The second-order valence-electron chi connectivity index (χ2n) is 4.69. The van der Waals surface area contributed by atoms with Crippen molar-refractivity contribution in [1.82, 2.24) is 15.5 Å². The largest absolute Gasteiger partial charge is 0.358 e. The molecule has 1 unspecified atom stereocenters. The molecule has 110 valence electrons. The zero-order valence-corrected chi connectivity index (χ0v) is 12.1. The monoisotopic (exact) mass is 277 g/mol. The van der Waals surface area contributed by atoms with Crippen molar-refractivity contribution in [2.24, 2.45) is 0 Å². The lowest BCUT2D eigenvalue weighted by Crippen LogP contribution is -2.45. The fraction of sp³-hybridized carbons (Fsp3) is 0.467. The molecule has 0 aromatic heterocycles. The normalized spacial score (nSPS) is 11.7. The first-order valence-corrected chi connectivity index (χ1v) is 6.81. The molecule has 0 aliphatic heterocycles. The Balaban J connectivity index is 2.61. The predicted molar refractivity (Wildman–Crippen MR) is 79.3 cm³/mol. The van der Waals surface area contributed by atoms with E-state index in [1.807, 2.05) is 25.2 Å². The highest BCUT2D eigenvalue weighted by molar-refractivity contribution is 5.79. The van der Waals surface area contributed by atoms with E-state index in [0.29, 0.717) is 6.54 Å². The molecule has 20 heavy (non-hydrogen) atoms. The summed E-state index contributed by atoms with van der Waals surface area (Å²) < 4.78 is 0. The van der Waals surface area contributed by atoms with Crippen molar-refractivity contribution in [2.75, 3.05) is 27.2 Å². The second-order valence-corrected chi connectivity index (χ2v) is 4.69. The second kappa shape index (κ2) is 9.09. The van der Waals surface area contributed by atoms with Gasteiger partial charge in [-0.25, -0.2) is 0 Å². The van der Waals surface area contributed by atoms with Gasteiger partial charge in [0.05, 0.1) is 6.54 Å². The summed E-state index contributed by atoms with van der Waals surface area (Å²) in [6, 6.07) is 10.1. The standard InChI is InChI=1S/C15H23N3O2/c1-16-10-14(18(12-19)11-15(20)17-2)9-8-13-6-4-3-5-7-13/h3-7,12,14,16H,8-11H2,1-2H3,(H,17,20). The number of amides is 2. The van der Waals surface area contributed by atoms with Gasteiger partial charge in [0.15, 0.2) is 0 Å². The van der Waals surface area contributed by atoms with Crippen LogP contribution in [0.5, 0.6) is 0 Å². The molecule has 0 bridgehead atoms. The summed E-state index contributed by atoms with van der Waals surface area (Å²) in [7, 11) is 3.42. The van der Waals surface area contributed by atoms with E-state index < -0.39 is 0 Å². The van der Waals surface area contributed by atoms with Gasteiger partial charge in [-0.2, -0.15) is 0 Å². The lowest BCUT2D eigenvalue weighted by Gasteiger charge is -2.27. The number of nitrogens with zero attached hydrogens (tertiary/aromatic N) is 1. The molecule has 5 nitrogen and oxygen atoms in total. The van der Waals surface area contributed by atoms with Gasteiger partial charge in [-0.3, -0.25) is 9.59 Å². The molecule has 2 amide bonds. The summed E-state index contributed by atoms with van der Waals surface area (Å²) in [6.07, 6.45) is 2.45. The molecule has 0 spiro atoms. The van der Waals surface area contributed by atoms with Crippen molar-refractivity contribution in [3.63, 3.8) is 0 Å². The van der Waals surface area contributed by atoms with E-state index >= 15 is 0 Å². The molecule has 1 atom stereocenters. The molecule has 1 rings (SSSR count). The van der Waals surface area contributed by atoms with Crippen molar-refractivity contribution in [3.05, 3.63) is 35.9 Å². The third kappa shape index (κ3) is 5.40. The van der Waals surface area contributed by atoms with Crippen LogP contribution in [0.25, 0.3) is 0 Å². The Bertz CT molecular complexity index is 409. The van der Waals surface area contributed by atoms with E-state index in [4.69, 9.17) is 0 Å². The summed E-state index contributed by atoms with van der Waals surface area (Å²) in [6.45, 7) is 0.768. The Morgan fingerprint density at radius 1 is 1.30 bits per heavy atom. The molecule has 0 heterocycles. The van der Waals surface area contributed by atoms with E-state index in [2.05, 4.69) is 22.8 Å². The quantitative estimate of drug-likeness (QED) is 0.643. The molecule has 0 aliphatic carbocycles. The molecule has 0 saturated heterocycles. The Morgan fingerprint density at radius 2 is 2.00 bits per heavy atom. The predicted octanol–water partition coefficient (Wildman–Crippen LogP) is 0.412. The van der Waals surface area contributed by atoms with Gasteiger partial charge in [0, 0.05) is 19.6 Å². The van der Waals surface area contributed by atoms with Crippen LogP contribution in [0.1, 0.15) is 12.0 Å². The first kappa shape index (κ1) is 16.2. The number of hydrogen-bond donors (Lipinski definition) is 2. The number of likely N-dealkylation sites (N-methyl/N-ethyl adjacent to an activating group) is 2. The molecule has 5 heteroatoms. The number of nitrogens with one attached hydrogen (secondary N) is 2. The molecule has 0 radical (unpaired) electrons. The maximum atomic E-state index is 11.4. The third-order valence-corrected chi connectivity index (χ3v) is 3.26. The van der Waals surface area contributed by atoms with Gasteiger partial charge < -0.3 is 15.5 Å². The van der Waals surface area contributed by atoms with E-state index in [0.717, 1.165) is 19.3 Å². The van der Waals surface area contributed by atoms with Crippen LogP contribution < -0.4 is 10.6 Å². The van der Waals surface area contributed by atoms with Crippen LogP contribution in [-0.2, 0) is 16.0 Å². The van der Waals surface area contributed by atoms with Crippen LogP contribution in [0.4, 0.5) is 0 Å². The highest BCUT2D eigenvalue weighted by atomic mass is 16.2. The molecular weight excluding hydrogens is 254 g/mol. The Hall–Kier alpha value is -1.88. The minimum Gasteiger partial charge on any atom is -0.358 e. The fourth-order valence-corrected chi connectivity index (χ4v) is 2.10. The topological polar surface area (TPSA) is 61.4 Å². The summed E-state index contributed by atoms with van der Waals surface area (Å²) in [5, 5.41) is 5.62. The molecule has 0 fully saturated rings. The average molecular weight is 277 g/mol. The Morgan fingerprint density at radius 3 is 2.55 bits per heavy atom. The summed E-state index contributed by atoms with van der Waals surface area (Å²) in [5.41, 5.74) is 1.24. The highest BCUT2D eigenvalue weighted by Gasteiger charge is 2.18. The zero-order valence-electron chi connectivity index (χ0n) is 12.1. The number of hydrogen-bond acceptors (Lipinski definition) is 3. The molecular formula is C15H23N3O2. The van der Waals surface area contributed by atoms with E-state index in [1.54, 1.807) is 11.9 Å². The first-order valence-electron chi connectivity index (χ1n) is 6.81. The van der Waals surface area contributed by atoms with E-state index in [-0.39, 0.29) is 18.5 Å². The van der Waals surface area contributed by atoms with Gasteiger partial charge in [-0.15, -0.1) is 0 Å². The Labute approximate surface area is 120 Å². The van der Waals surface area contributed by atoms with Crippen LogP contribution in [0.15, 0.2) is 30.3 Å². The highest BCUT2D eigenvalue weighted by Crippen LogP contribution is 2.08. The number of carbonyl (C=O) groups excluding carboxylic acids is 2. The van der Waals surface area contributed by atoms with Crippen LogP contribution in [0.2, 0.25) is 0 Å². The molecule has 1 aromatic rings. The van der Waals surface area contributed by atoms with Crippen LogP contribution >= 0.6 is 0 Å². The lowest BCUT2D eigenvalue weighted by molar-refractivity contribution is -0.129. The van der Waals surface area contributed by atoms with Crippen LogP contribution in [0.3, 0.4) is 0 Å². The summed E-state index contributed by atoms with van der Waals surface area (Å²) in [5.74, 6) is -0.155. The molecule has 0 aliphatic rings. The van der Waals surface area contributed by atoms with Crippen molar-refractivity contribution < 1.29 is 9.59 Å². The zero-order chi connectivity index (χ0) is 14.8. The van der Waals surface area contributed by atoms with Crippen molar-refractivity contribution >= 4 is 12.3 Å². The van der Waals surface area contributed by atoms with Gasteiger partial charge >= 0.3 is 0 Å². The number of aryl methyl sites for hydroxylation is 1. The van der Waals surface area contributed by atoms with Crippen LogP contribution in [0, 0.1) is 0 Å². The van der Waals surface area contributed by atoms with E-state index in [1.165, 1.54) is 5.56 Å².